The largest absolute Gasteiger partial charge is 0.491 e. The first-order valence-electron chi connectivity index (χ1n) is 7.42. The number of ether oxygens (including phenoxy) is 2. The molecular weight excluding hydrogens is 320 g/mol. The summed E-state index contributed by atoms with van der Waals surface area (Å²) in [5, 5.41) is 21.5. The highest BCUT2D eigenvalue weighted by atomic mass is 16.6. The van der Waals surface area contributed by atoms with E-state index in [1.807, 2.05) is 0 Å². The van der Waals surface area contributed by atoms with Gasteiger partial charge in [0.05, 0.1) is 18.0 Å². The third-order valence-electron chi connectivity index (χ3n) is 2.90. The molecule has 0 saturated heterocycles. The number of carboxylic acids is 1. The summed E-state index contributed by atoms with van der Waals surface area (Å²) in [4.78, 5) is 31.5. The lowest BCUT2D eigenvalue weighted by molar-refractivity contribution is -0.384. The van der Waals surface area contributed by atoms with Gasteiger partial charge < -0.3 is 19.9 Å². The number of carbonyl (C=O) groups excluding carboxylic acids is 1. The minimum Gasteiger partial charge on any atom is -0.491 e. The molecule has 0 heterocycles. The van der Waals surface area contributed by atoms with Gasteiger partial charge in [0.1, 0.15) is 12.4 Å². The lowest BCUT2D eigenvalue weighted by Gasteiger charge is -2.07. The fourth-order valence-corrected chi connectivity index (χ4v) is 1.70. The monoisotopic (exact) mass is 340 g/mol. The molecule has 9 nitrogen and oxygen atoms in total. The molecule has 0 atom stereocenters. The number of non-ortho nitro benzene ring substituents is 1. The molecule has 132 valence electrons. The van der Waals surface area contributed by atoms with Crippen LogP contribution in [-0.4, -0.2) is 48.3 Å². The van der Waals surface area contributed by atoms with Crippen molar-refractivity contribution in [1.82, 2.24) is 5.32 Å². The minimum atomic E-state index is -0.999. The number of carbonyl (C=O) groups is 2. The van der Waals surface area contributed by atoms with Crippen molar-refractivity contribution >= 4 is 17.6 Å². The molecule has 0 unspecified atom stereocenters. The van der Waals surface area contributed by atoms with Crippen molar-refractivity contribution < 1.29 is 29.1 Å². The van der Waals surface area contributed by atoms with Gasteiger partial charge in [-0.1, -0.05) is 0 Å². The molecule has 1 aromatic carbocycles. The number of aliphatic carboxylic acids is 1. The number of nitrogens with zero attached hydrogens (tertiary/aromatic N) is 1. The van der Waals surface area contributed by atoms with Crippen LogP contribution >= 0.6 is 0 Å². The average Bonchev–Trinajstić information content (AvgIpc) is 2.55. The van der Waals surface area contributed by atoms with E-state index >= 15 is 0 Å². The number of benzene rings is 1. The summed E-state index contributed by atoms with van der Waals surface area (Å²) < 4.78 is 10.7. The van der Waals surface area contributed by atoms with Gasteiger partial charge in [0.25, 0.3) is 5.69 Å². The molecule has 0 aliphatic rings. The van der Waals surface area contributed by atoms with Gasteiger partial charge in [-0.25, -0.2) is 0 Å². The highest BCUT2D eigenvalue weighted by Gasteiger charge is 2.05. The van der Waals surface area contributed by atoms with Crippen molar-refractivity contribution in [2.24, 2.45) is 0 Å². The van der Waals surface area contributed by atoms with E-state index in [2.05, 4.69) is 5.32 Å². The van der Waals surface area contributed by atoms with E-state index in [-0.39, 0.29) is 24.4 Å². The van der Waals surface area contributed by atoms with Crippen LogP contribution in [0.25, 0.3) is 0 Å². The SMILES string of the molecule is O=C(O)CCC(=O)NCCCOCCOc1ccc([N+](=O)[O-])cc1. The van der Waals surface area contributed by atoms with Gasteiger partial charge in [0.2, 0.25) is 5.91 Å². The minimum absolute atomic E-state index is 0.00371. The van der Waals surface area contributed by atoms with Crippen LogP contribution in [0.5, 0.6) is 5.75 Å². The first-order chi connectivity index (χ1) is 11.5. The molecule has 0 aliphatic heterocycles. The molecule has 1 rings (SSSR count). The fraction of sp³-hybridized carbons (Fsp3) is 0.467. The van der Waals surface area contributed by atoms with Gasteiger partial charge >= 0.3 is 5.97 Å². The number of hydrogen-bond donors (Lipinski definition) is 2. The zero-order valence-corrected chi connectivity index (χ0v) is 13.1. The fourth-order valence-electron chi connectivity index (χ4n) is 1.70. The van der Waals surface area contributed by atoms with Crippen molar-refractivity contribution in [2.45, 2.75) is 19.3 Å². The van der Waals surface area contributed by atoms with Crippen LogP contribution in [0, 0.1) is 10.1 Å². The van der Waals surface area contributed by atoms with Crippen molar-refractivity contribution in [3.8, 4) is 5.75 Å². The number of nitro benzene ring substituents is 1. The summed E-state index contributed by atoms with van der Waals surface area (Å²) >= 11 is 0. The van der Waals surface area contributed by atoms with Crippen LogP contribution in [0.1, 0.15) is 19.3 Å². The highest BCUT2D eigenvalue weighted by Crippen LogP contribution is 2.16. The molecule has 0 radical (unpaired) electrons. The van der Waals surface area contributed by atoms with Crippen molar-refractivity contribution in [1.29, 1.82) is 0 Å². The van der Waals surface area contributed by atoms with Crippen LogP contribution in [0.3, 0.4) is 0 Å². The summed E-state index contributed by atoms with van der Waals surface area (Å²) in [6, 6.07) is 5.77. The molecule has 0 aromatic heterocycles. The Morgan fingerprint density at radius 1 is 1.12 bits per heavy atom. The molecular formula is C15H20N2O7. The predicted molar refractivity (Wildman–Crippen MR) is 83.9 cm³/mol. The van der Waals surface area contributed by atoms with Crippen molar-refractivity contribution in [2.75, 3.05) is 26.4 Å². The Hall–Kier alpha value is -2.68. The Labute approximate surface area is 138 Å². The number of carboxylic acid groups (broad SMARTS) is 1. The Bertz CT molecular complexity index is 545. The normalized spacial score (nSPS) is 10.2. The summed E-state index contributed by atoms with van der Waals surface area (Å²) in [5.74, 6) is -0.768. The number of amides is 1. The van der Waals surface area contributed by atoms with E-state index in [0.29, 0.717) is 38.5 Å². The average molecular weight is 340 g/mol. The van der Waals surface area contributed by atoms with Gasteiger partial charge in [-0.05, 0) is 18.6 Å². The Morgan fingerprint density at radius 3 is 2.46 bits per heavy atom. The lowest BCUT2D eigenvalue weighted by atomic mass is 10.3. The predicted octanol–water partition coefficient (Wildman–Crippen LogP) is 1.36. The number of hydrogen-bond acceptors (Lipinski definition) is 6. The van der Waals surface area contributed by atoms with Gasteiger partial charge in [-0.3, -0.25) is 19.7 Å². The molecule has 9 heteroatoms. The molecule has 1 aromatic rings. The van der Waals surface area contributed by atoms with E-state index < -0.39 is 10.9 Å². The van der Waals surface area contributed by atoms with Gasteiger partial charge in [0, 0.05) is 31.7 Å². The van der Waals surface area contributed by atoms with Crippen LogP contribution < -0.4 is 10.1 Å². The molecule has 0 spiro atoms. The zero-order chi connectivity index (χ0) is 17.8. The van der Waals surface area contributed by atoms with Crippen LogP contribution in [0.15, 0.2) is 24.3 Å². The molecule has 2 N–H and O–H groups in total. The van der Waals surface area contributed by atoms with Gasteiger partial charge in [0.15, 0.2) is 0 Å². The third-order valence-corrected chi connectivity index (χ3v) is 2.90. The summed E-state index contributed by atoms with van der Waals surface area (Å²) in [7, 11) is 0. The van der Waals surface area contributed by atoms with E-state index in [4.69, 9.17) is 14.6 Å². The molecule has 0 saturated carbocycles. The second-order valence-corrected chi connectivity index (χ2v) is 4.81. The van der Waals surface area contributed by atoms with Crippen LogP contribution in [0.4, 0.5) is 5.69 Å². The molecule has 0 fully saturated rings. The van der Waals surface area contributed by atoms with Crippen molar-refractivity contribution in [3.05, 3.63) is 34.4 Å². The van der Waals surface area contributed by atoms with E-state index in [0.717, 1.165) is 0 Å². The maximum atomic E-state index is 11.2. The first kappa shape index (κ1) is 19.4. The molecule has 24 heavy (non-hydrogen) atoms. The number of nitrogens with one attached hydrogen (secondary N) is 1. The Morgan fingerprint density at radius 2 is 1.83 bits per heavy atom. The highest BCUT2D eigenvalue weighted by molar-refractivity contribution is 5.80. The molecule has 0 aliphatic carbocycles. The molecule has 1 amide bonds. The maximum Gasteiger partial charge on any atom is 0.303 e. The van der Waals surface area contributed by atoms with E-state index in [1.54, 1.807) is 0 Å². The standard InChI is InChI=1S/C15H20N2O7/c18-14(6-7-15(19)20)16-8-1-9-23-10-11-24-13-4-2-12(3-5-13)17(21)22/h2-5H,1,6-11H2,(H,16,18)(H,19,20). The summed E-state index contributed by atoms with van der Waals surface area (Å²) in [6.45, 7) is 1.51. The summed E-state index contributed by atoms with van der Waals surface area (Å²) in [6.07, 6.45) is 0.401. The summed E-state index contributed by atoms with van der Waals surface area (Å²) in [5.41, 5.74) is 0.00371. The first-order valence-corrected chi connectivity index (χ1v) is 7.42. The second-order valence-electron chi connectivity index (χ2n) is 4.81. The number of nitro groups is 1. The molecule has 0 bridgehead atoms. The maximum absolute atomic E-state index is 11.2. The Balaban J connectivity index is 1.99. The van der Waals surface area contributed by atoms with E-state index in [9.17, 15) is 19.7 Å². The second kappa shape index (κ2) is 10.9. The Kier molecular flexibility index (Phi) is 8.84. The quantitative estimate of drug-likeness (QED) is 0.334. The lowest BCUT2D eigenvalue weighted by Crippen LogP contribution is -2.25. The van der Waals surface area contributed by atoms with Crippen LogP contribution in [-0.2, 0) is 14.3 Å². The van der Waals surface area contributed by atoms with Crippen LogP contribution in [0.2, 0.25) is 0 Å². The third kappa shape index (κ3) is 8.69. The van der Waals surface area contributed by atoms with Gasteiger partial charge in [-0.2, -0.15) is 0 Å². The van der Waals surface area contributed by atoms with Gasteiger partial charge in [-0.15, -0.1) is 0 Å². The van der Waals surface area contributed by atoms with E-state index in [1.165, 1.54) is 24.3 Å². The van der Waals surface area contributed by atoms with Crippen molar-refractivity contribution in [3.63, 3.8) is 0 Å². The topological polar surface area (TPSA) is 128 Å². The number of rotatable bonds is 12. The zero-order valence-electron chi connectivity index (χ0n) is 13.1. The smallest absolute Gasteiger partial charge is 0.303 e.